The van der Waals surface area contributed by atoms with Crippen LogP contribution in [0.25, 0.3) is 0 Å². The molecule has 2 saturated heterocycles. The van der Waals surface area contributed by atoms with Crippen LogP contribution in [0, 0.1) is 0 Å². The standard InChI is InChI=1S/C27H37N3O8S/c1-34-23-14-18(15-24(35-2)26(23)36-3)25(27(31)28-16-20-6-4-12-37-20)30-19-8-10-22(11-9-19)39(32,33)29-17-21-7-5-13-38-21/h8-11,14-15,20-21,25,29-30H,4-7,12-13,16-17H2,1-3H3,(H,28,31)/t20-,21+,25-/m0/s1. The van der Waals surface area contributed by atoms with Crippen LogP contribution >= 0.6 is 0 Å². The maximum Gasteiger partial charge on any atom is 0.247 e. The van der Waals surface area contributed by atoms with Crippen LogP contribution in [0.4, 0.5) is 5.69 Å². The van der Waals surface area contributed by atoms with E-state index in [2.05, 4.69) is 15.4 Å². The zero-order valence-corrected chi connectivity index (χ0v) is 23.3. The van der Waals surface area contributed by atoms with Crippen LogP contribution in [0.1, 0.15) is 37.3 Å². The van der Waals surface area contributed by atoms with Crippen molar-refractivity contribution in [1.29, 1.82) is 0 Å². The van der Waals surface area contributed by atoms with Crippen molar-refractivity contribution >= 4 is 21.6 Å². The molecular weight excluding hydrogens is 526 g/mol. The van der Waals surface area contributed by atoms with Crippen LogP contribution < -0.4 is 29.6 Å². The molecule has 0 radical (unpaired) electrons. The number of methoxy groups -OCH3 is 3. The quantitative estimate of drug-likeness (QED) is 0.336. The minimum atomic E-state index is -3.70. The highest BCUT2D eigenvalue weighted by Crippen LogP contribution is 2.40. The summed E-state index contributed by atoms with van der Waals surface area (Å²) in [7, 11) is 0.820. The van der Waals surface area contributed by atoms with Crippen LogP contribution in [0.3, 0.4) is 0 Å². The van der Waals surface area contributed by atoms with Crippen LogP contribution in [0.5, 0.6) is 17.2 Å². The second-order valence-corrected chi connectivity index (χ2v) is 11.2. The van der Waals surface area contributed by atoms with Gasteiger partial charge >= 0.3 is 0 Å². The number of anilines is 1. The topological polar surface area (TPSA) is 133 Å². The molecule has 0 saturated carbocycles. The zero-order valence-electron chi connectivity index (χ0n) is 22.5. The Balaban J connectivity index is 1.55. The Morgan fingerprint density at radius 2 is 1.51 bits per heavy atom. The second kappa shape index (κ2) is 13.3. The molecule has 0 aromatic heterocycles. The fourth-order valence-electron chi connectivity index (χ4n) is 4.68. The number of rotatable bonds is 13. The van der Waals surface area contributed by atoms with Gasteiger partial charge in [0.1, 0.15) is 6.04 Å². The minimum Gasteiger partial charge on any atom is -0.493 e. The van der Waals surface area contributed by atoms with Crippen molar-refractivity contribution in [3.63, 3.8) is 0 Å². The number of hydrogen-bond acceptors (Lipinski definition) is 9. The highest BCUT2D eigenvalue weighted by atomic mass is 32.2. The summed E-state index contributed by atoms with van der Waals surface area (Å²) in [6, 6.07) is 8.81. The maximum atomic E-state index is 13.4. The molecule has 11 nitrogen and oxygen atoms in total. The lowest BCUT2D eigenvalue weighted by Gasteiger charge is -2.23. The molecule has 12 heteroatoms. The number of sulfonamides is 1. The average molecular weight is 564 g/mol. The second-order valence-electron chi connectivity index (χ2n) is 9.43. The first-order chi connectivity index (χ1) is 18.8. The molecule has 0 bridgehead atoms. The highest BCUT2D eigenvalue weighted by Gasteiger charge is 2.27. The molecule has 2 heterocycles. The van der Waals surface area contributed by atoms with E-state index in [0.29, 0.717) is 48.3 Å². The molecule has 0 aliphatic carbocycles. The fraction of sp³-hybridized carbons (Fsp3) is 0.519. The smallest absolute Gasteiger partial charge is 0.247 e. The molecule has 3 N–H and O–H groups in total. The summed E-state index contributed by atoms with van der Waals surface area (Å²) < 4.78 is 55.7. The molecule has 4 rings (SSSR count). The lowest BCUT2D eigenvalue weighted by molar-refractivity contribution is -0.122. The summed E-state index contributed by atoms with van der Waals surface area (Å²) >= 11 is 0. The van der Waals surface area contributed by atoms with Crippen LogP contribution in [0.2, 0.25) is 0 Å². The van der Waals surface area contributed by atoms with Crippen molar-refractivity contribution < 1.29 is 36.9 Å². The van der Waals surface area contributed by atoms with E-state index in [1.165, 1.54) is 33.5 Å². The van der Waals surface area contributed by atoms with Gasteiger partial charge in [-0.3, -0.25) is 4.79 Å². The van der Waals surface area contributed by atoms with Crippen molar-refractivity contribution in [3.8, 4) is 17.2 Å². The average Bonchev–Trinajstić information content (AvgIpc) is 3.68. The third-order valence-corrected chi connectivity index (χ3v) is 8.25. The fourth-order valence-corrected chi connectivity index (χ4v) is 5.74. The van der Waals surface area contributed by atoms with E-state index < -0.39 is 16.1 Å². The Bertz CT molecular complexity index is 1190. The molecule has 0 unspecified atom stereocenters. The molecule has 2 aliphatic heterocycles. The lowest BCUT2D eigenvalue weighted by atomic mass is 10.0. The first kappa shape index (κ1) is 28.9. The van der Waals surface area contributed by atoms with Crippen molar-refractivity contribution in [2.75, 3.05) is 52.9 Å². The van der Waals surface area contributed by atoms with E-state index in [-0.39, 0.29) is 29.6 Å². The van der Waals surface area contributed by atoms with E-state index in [1.54, 1.807) is 24.3 Å². The van der Waals surface area contributed by atoms with Crippen LogP contribution in [0.15, 0.2) is 41.3 Å². The molecule has 2 aromatic carbocycles. The van der Waals surface area contributed by atoms with E-state index in [9.17, 15) is 13.2 Å². The number of benzene rings is 2. The van der Waals surface area contributed by atoms with Crippen molar-refractivity contribution in [2.24, 2.45) is 0 Å². The van der Waals surface area contributed by atoms with E-state index >= 15 is 0 Å². The Labute approximate surface area is 229 Å². The van der Waals surface area contributed by atoms with Crippen LogP contribution in [-0.2, 0) is 24.3 Å². The van der Waals surface area contributed by atoms with E-state index in [0.717, 1.165) is 25.7 Å². The van der Waals surface area contributed by atoms with Gasteiger partial charge in [0.15, 0.2) is 11.5 Å². The molecule has 3 atom stereocenters. The molecule has 2 aliphatic rings. The molecule has 2 aromatic rings. The number of amides is 1. The predicted octanol–water partition coefficient (Wildman–Crippen LogP) is 2.62. The molecule has 1 amide bonds. The molecular formula is C27H37N3O8S. The minimum absolute atomic E-state index is 0.0267. The first-order valence-corrected chi connectivity index (χ1v) is 14.5. The molecule has 214 valence electrons. The SMILES string of the molecule is COc1cc([C@H](Nc2ccc(S(=O)(=O)NC[C@H]3CCCO3)cc2)C(=O)NC[C@@H]2CCCO2)cc(OC)c1OC. The third-order valence-electron chi connectivity index (χ3n) is 6.81. The summed E-state index contributed by atoms with van der Waals surface area (Å²) in [6.45, 7) is 1.96. The Morgan fingerprint density at radius 3 is 2.03 bits per heavy atom. The van der Waals surface area contributed by atoms with Gasteiger partial charge in [0.2, 0.25) is 21.7 Å². The summed E-state index contributed by atoms with van der Waals surface area (Å²) in [5.74, 6) is 0.940. The van der Waals surface area contributed by atoms with Gasteiger partial charge in [-0.1, -0.05) is 0 Å². The van der Waals surface area contributed by atoms with Gasteiger partial charge in [0.25, 0.3) is 0 Å². The number of carbonyl (C=O) groups excluding carboxylic acids is 1. The van der Waals surface area contributed by atoms with Gasteiger partial charge in [-0.15, -0.1) is 0 Å². The van der Waals surface area contributed by atoms with Gasteiger partial charge in [0.05, 0.1) is 38.4 Å². The Morgan fingerprint density at radius 1 is 0.923 bits per heavy atom. The molecule has 39 heavy (non-hydrogen) atoms. The lowest BCUT2D eigenvalue weighted by Crippen LogP contribution is -2.38. The summed E-state index contributed by atoms with van der Waals surface area (Å²) in [5, 5.41) is 6.19. The summed E-state index contributed by atoms with van der Waals surface area (Å²) in [4.78, 5) is 13.6. The predicted molar refractivity (Wildman–Crippen MR) is 145 cm³/mol. The van der Waals surface area contributed by atoms with Crippen molar-refractivity contribution in [1.82, 2.24) is 10.0 Å². The monoisotopic (exact) mass is 563 g/mol. The van der Waals surface area contributed by atoms with Crippen LogP contribution in [-0.4, -0.2) is 74.2 Å². The summed E-state index contributed by atoms with van der Waals surface area (Å²) in [6.07, 6.45) is 3.49. The number of carbonyl (C=O) groups is 1. The number of nitrogens with one attached hydrogen (secondary N) is 3. The largest absolute Gasteiger partial charge is 0.493 e. The molecule has 0 spiro atoms. The number of ether oxygens (including phenoxy) is 5. The van der Waals surface area contributed by atoms with Gasteiger partial charge in [0, 0.05) is 32.0 Å². The number of hydrogen-bond donors (Lipinski definition) is 3. The summed E-state index contributed by atoms with van der Waals surface area (Å²) in [5.41, 5.74) is 1.13. The van der Waals surface area contributed by atoms with Crippen molar-refractivity contribution in [2.45, 2.75) is 48.8 Å². The van der Waals surface area contributed by atoms with Crippen molar-refractivity contribution in [3.05, 3.63) is 42.0 Å². The zero-order chi connectivity index (χ0) is 27.8. The maximum absolute atomic E-state index is 13.4. The van der Waals surface area contributed by atoms with Gasteiger partial charge in [-0.05, 0) is 67.6 Å². The van der Waals surface area contributed by atoms with E-state index in [1.807, 2.05) is 0 Å². The van der Waals surface area contributed by atoms with Gasteiger partial charge in [-0.25, -0.2) is 13.1 Å². The highest BCUT2D eigenvalue weighted by molar-refractivity contribution is 7.89. The third kappa shape index (κ3) is 7.33. The Kier molecular flexibility index (Phi) is 9.89. The normalized spacial score (nSPS) is 19.9. The van der Waals surface area contributed by atoms with Gasteiger partial charge in [-0.2, -0.15) is 0 Å². The van der Waals surface area contributed by atoms with Gasteiger partial charge < -0.3 is 34.3 Å². The molecule has 2 fully saturated rings. The first-order valence-electron chi connectivity index (χ1n) is 13.0. The van der Waals surface area contributed by atoms with E-state index in [4.69, 9.17) is 23.7 Å². The Hall–Kier alpha value is -3.06.